The van der Waals surface area contributed by atoms with Gasteiger partial charge in [-0.2, -0.15) is 0 Å². The van der Waals surface area contributed by atoms with Gasteiger partial charge >= 0.3 is 0 Å². The molecule has 0 spiro atoms. The van der Waals surface area contributed by atoms with Gasteiger partial charge in [0, 0.05) is 22.7 Å². The number of carbonyl (C=O) groups excluding carboxylic acids is 1. The number of nitrogens with one attached hydrogen (secondary N) is 1. The molecule has 31 heavy (non-hydrogen) atoms. The number of aryl methyl sites for hydroxylation is 1. The van der Waals surface area contributed by atoms with Crippen LogP contribution in [0.4, 0.5) is 5.69 Å². The molecular formula is C25H22N2O4. The minimum Gasteiger partial charge on any atom is -0.497 e. The Morgan fingerprint density at radius 1 is 0.903 bits per heavy atom. The van der Waals surface area contributed by atoms with Gasteiger partial charge < -0.3 is 14.8 Å². The Balaban J connectivity index is 1.85. The van der Waals surface area contributed by atoms with Crippen LogP contribution in [-0.4, -0.2) is 24.7 Å². The summed E-state index contributed by atoms with van der Waals surface area (Å²) in [7, 11) is 3.14. The molecule has 4 rings (SSSR count). The van der Waals surface area contributed by atoms with E-state index in [1.807, 2.05) is 25.1 Å². The predicted octanol–water partition coefficient (Wildman–Crippen LogP) is 4.57. The Morgan fingerprint density at radius 3 is 2.29 bits per heavy atom. The van der Waals surface area contributed by atoms with Crippen LogP contribution in [0.5, 0.6) is 11.5 Å². The van der Waals surface area contributed by atoms with Crippen molar-refractivity contribution in [3.8, 4) is 17.2 Å². The van der Waals surface area contributed by atoms with Crippen molar-refractivity contribution in [3.05, 3.63) is 94.4 Å². The zero-order valence-electron chi connectivity index (χ0n) is 17.5. The number of aromatic nitrogens is 1. The number of amides is 1. The number of ether oxygens (including phenoxy) is 2. The summed E-state index contributed by atoms with van der Waals surface area (Å²) in [6.45, 7) is 1.94. The van der Waals surface area contributed by atoms with Crippen LogP contribution in [0, 0.1) is 6.92 Å². The van der Waals surface area contributed by atoms with E-state index in [4.69, 9.17) is 9.47 Å². The standard InChI is InChI=1S/C25H22N2O4/c1-16-8-13-23(31-3)22(14-16)26-24(28)21-15-27(17-9-11-18(30-2)12-10-17)25(29)20-7-5-4-6-19(20)21/h4-15H,1-3H3,(H,26,28). The maximum Gasteiger partial charge on any atom is 0.262 e. The Kier molecular flexibility index (Phi) is 5.45. The van der Waals surface area contributed by atoms with Gasteiger partial charge in [-0.25, -0.2) is 0 Å². The normalized spacial score (nSPS) is 10.7. The van der Waals surface area contributed by atoms with Gasteiger partial charge in [0.25, 0.3) is 11.5 Å². The Bertz CT molecular complexity index is 1320. The summed E-state index contributed by atoms with van der Waals surface area (Å²) in [5.74, 6) is 0.913. The van der Waals surface area contributed by atoms with Gasteiger partial charge in [0.15, 0.2) is 0 Å². The second kappa shape index (κ2) is 8.36. The minimum absolute atomic E-state index is 0.203. The van der Waals surface area contributed by atoms with Crippen molar-refractivity contribution in [2.45, 2.75) is 6.92 Å². The van der Waals surface area contributed by atoms with E-state index in [-0.39, 0.29) is 11.5 Å². The third kappa shape index (κ3) is 3.88. The van der Waals surface area contributed by atoms with Crippen molar-refractivity contribution in [1.29, 1.82) is 0 Å². The molecule has 0 radical (unpaired) electrons. The maximum absolute atomic E-state index is 13.3. The maximum atomic E-state index is 13.3. The Hall–Kier alpha value is -4.06. The summed E-state index contributed by atoms with van der Waals surface area (Å²) in [4.78, 5) is 26.4. The number of rotatable bonds is 5. The fourth-order valence-corrected chi connectivity index (χ4v) is 3.52. The molecule has 0 aliphatic carbocycles. The van der Waals surface area contributed by atoms with Crippen molar-refractivity contribution >= 4 is 22.4 Å². The smallest absolute Gasteiger partial charge is 0.262 e. The SMILES string of the molecule is COc1ccc(-n2cc(C(=O)Nc3cc(C)ccc3OC)c3ccccc3c2=O)cc1. The second-order valence-corrected chi connectivity index (χ2v) is 7.12. The van der Waals surface area contributed by atoms with Gasteiger partial charge in [0.1, 0.15) is 11.5 Å². The Morgan fingerprint density at radius 2 is 1.61 bits per heavy atom. The molecule has 0 saturated carbocycles. The summed E-state index contributed by atoms with van der Waals surface area (Å²) < 4.78 is 12.1. The van der Waals surface area contributed by atoms with E-state index in [1.54, 1.807) is 68.9 Å². The van der Waals surface area contributed by atoms with Crippen molar-refractivity contribution < 1.29 is 14.3 Å². The topological polar surface area (TPSA) is 69.6 Å². The van der Waals surface area contributed by atoms with Crippen LogP contribution in [0.3, 0.4) is 0 Å². The number of anilines is 1. The predicted molar refractivity (Wildman–Crippen MR) is 122 cm³/mol. The molecule has 0 fully saturated rings. The fraction of sp³-hybridized carbons (Fsp3) is 0.120. The first-order valence-corrected chi connectivity index (χ1v) is 9.76. The molecule has 1 amide bonds. The summed E-state index contributed by atoms with van der Waals surface area (Å²) >= 11 is 0. The molecule has 3 aromatic carbocycles. The van der Waals surface area contributed by atoms with E-state index < -0.39 is 0 Å². The molecule has 6 heteroatoms. The molecule has 0 saturated heterocycles. The summed E-state index contributed by atoms with van der Waals surface area (Å²) in [5, 5.41) is 3.97. The molecule has 6 nitrogen and oxygen atoms in total. The average Bonchev–Trinajstić information content (AvgIpc) is 2.80. The lowest BCUT2D eigenvalue weighted by Crippen LogP contribution is -2.22. The largest absolute Gasteiger partial charge is 0.497 e. The van der Waals surface area contributed by atoms with E-state index in [1.165, 1.54) is 4.57 Å². The molecule has 4 aromatic rings. The molecule has 0 atom stereocenters. The second-order valence-electron chi connectivity index (χ2n) is 7.12. The number of benzene rings is 3. The van der Waals surface area contributed by atoms with E-state index in [0.717, 1.165) is 5.56 Å². The van der Waals surface area contributed by atoms with Gasteiger partial charge in [0.2, 0.25) is 0 Å². The first-order valence-electron chi connectivity index (χ1n) is 9.76. The molecule has 1 N–H and O–H groups in total. The molecule has 1 aromatic heterocycles. The highest BCUT2D eigenvalue weighted by Crippen LogP contribution is 2.27. The molecule has 0 aliphatic heterocycles. The molecular weight excluding hydrogens is 392 g/mol. The Labute approximate surface area is 179 Å². The number of pyridine rings is 1. The first kappa shape index (κ1) is 20.2. The summed E-state index contributed by atoms with van der Waals surface area (Å²) in [6.07, 6.45) is 1.57. The lowest BCUT2D eigenvalue weighted by Gasteiger charge is -2.15. The zero-order valence-corrected chi connectivity index (χ0v) is 17.5. The molecule has 0 aliphatic rings. The minimum atomic E-state index is -0.331. The van der Waals surface area contributed by atoms with Gasteiger partial charge in [-0.15, -0.1) is 0 Å². The molecule has 0 bridgehead atoms. The highest BCUT2D eigenvalue weighted by molar-refractivity contribution is 6.13. The molecule has 1 heterocycles. The van der Waals surface area contributed by atoms with E-state index >= 15 is 0 Å². The van der Waals surface area contributed by atoms with Crippen molar-refractivity contribution in [1.82, 2.24) is 4.57 Å². The quantitative estimate of drug-likeness (QED) is 0.519. The highest BCUT2D eigenvalue weighted by atomic mass is 16.5. The average molecular weight is 414 g/mol. The highest BCUT2D eigenvalue weighted by Gasteiger charge is 2.17. The third-order valence-electron chi connectivity index (χ3n) is 5.12. The summed E-state index contributed by atoms with van der Waals surface area (Å²) in [5.41, 5.74) is 2.38. The van der Waals surface area contributed by atoms with Crippen LogP contribution in [-0.2, 0) is 0 Å². The van der Waals surface area contributed by atoms with Crippen LogP contribution in [0.15, 0.2) is 77.7 Å². The lowest BCUT2D eigenvalue weighted by molar-refractivity contribution is 0.102. The van der Waals surface area contributed by atoms with E-state index in [0.29, 0.717) is 39.2 Å². The lowest BCUT2D eigenvalue weighted by atomic mass is 10.1. The molecule has 0 unspecified atom stereocenters. The van der Waals surface area contributed by atoms with Crippen LogP contribution in [0.2, 0.25) is 0 Å². The van der Waals surface area contributed by atoms with E-state index in [9.17, 15) is 9.59 Å². The number of carbonyl (C=O) groups is 1. The van der Waals surface area contributed by atoms with Crippen LogP contribution >= 0.6 is 0 Å². The van der Waals surface area contributed by atoms with E-state index in [2.05, 4.69) is 5.32 Å². The van der Waals surface area contributed by atoms with Crippen molar-refractivity contribution in [3.63, 3.8) is 0 Å². The van der Waals surface area contributed by atoms with Gasteiger partial charge in [0.05, 0.1) is 25.5 Å². The molecule has 156 valence electrons. The zero-order chi connectivity index (χ0) is 22.0. The number of nitrogens with zero attached hydrogens (tertiary/aromatic N) is 1. The van der Waals surface area contributed by atoms with Crippen LogP contribution < -0.4 is 20.3 Å². The van der Waals surface area contributed by atoms with Gasteiger partial charge in [-0.3, -0.25) is 14.2 Å². The fourth-order valence-electron chi connectivity index (χ4n) is 3.52. The first-order chi connectivity index (χ1) is 15.0. The monoisotopic (exact) mass is 414 g/mol. The number of hydrogen-bond acceptors (Lipinski definition) is 4. The van der Waals surface area contributed by atoms with Crippen molar-refractivity contribution in [2.75, 3.05) is 19.5 Å². The van der Waals surface area contributed by atoms with Crippen molar-refractivity contribution in [2.24, 2.45) is 0 Å². The van der Waals surface area contributed by atoms with Gasteiger partial charge in [-0.05, 0) is 55.0 Å². The van der Waals surface area contributed by atoms with Crippen LogP contribution in [0.25, 0.3) is 16.5 Å². The number of fused-ring (bicyclic) bond motifs is 1. The summed E-state index contributed by atoms with van der Waals surface area (Å²) in [6, 6.07) is 19.8. The van der Waals surface area contributed by atoms with Gasteiger partial charge in [-0.1, -0.05) is 24.3 Å². The third-order valence-corrected chi connectivity index (χ3v) is 5.12. The number of methoxy groups -OCH3 is 2. The van der Waals surface area contributed by atoms with Crippen LogP contribution in [0.1, 0.15) is 15.9 Å². The number of hydrogen-bond donors (Lipinski definition) is 1.